The molecule has 7 heteroatoms. The minimum absolute atomic E-state index is 0.338. The fourth-order valence-electron chi connectivity index (χ4n) is 1.93. The van der Waals surface area contributed by atoms with Gasteiger partial charge in [-0.05, 0) is 24.1 Å². The molecule has 126 valence electrons. The maximum Gasteiger partial charge on any atom is 0.330 e. The van der Waals surface area contributed by atoms with E-state index in [1.54, 1.807) is 0 Å². The molecule has 0 radical (unpaired) electrons. The van der Waals surface area contributed by atoms with Crippen LogP contribution in [0.3, 0.4) is 0 Å². The van der Waals surface area contributed by atoms with E-state index in [1.165, 1.54) is 7.11 Å². The lowest BCUT2D eigenvalue weighted by Crippen LogP contribution is -2.23. The van der Waals surface area contributed by atoms with Gasteiger partial charge in [-0.15, -0.1) is 0 Å². The Hall–Kier alpha value is -2.96. The molecule has 0 aliphatic heterocycles. The zero-order chi connectivity index (χ0) is 17.4. The molecule has 24 heavy (non-hydrogen) atoms. The van der Waals surface area contributed by atoms with Gasteiger partial charge in [-0.3, -0.25) is 4.79 Å². The lowest BCUT2D eigenvalue weighted by atomic mass is 10.1. The van der Waals surface area contributed by atoms with Crippen molar-refractivity contribution in [1.29, 1.82) is 0 Å². The van der Waals surface area contributed by atoms with Crippen LogP contribution in [0.4, 0.5) is 0 Å². The van der Waals surface area contributed by atoms with Gasteiger partial charge in [0, 0.05) is 30.7 Å². The van der Waals surface area contributed by atoms with Crippen molar-refractivity contribution in [3.05, 3.63) is 47.8 Å². The summed E-state index contributed by atoms with van der Waals surface area (Å²) in [4.78, 5) is 26.6. The summed E-state index contributed by atoms with van der Waals surface area (Å²) in [5.41, 5.74) is 1.92. The second kappa shape index (κ2) is 8.61. The summed E-state index contributed by atoms with van der Waals surface area (Å²) in [5, 5.41) is 6.56. The van der Waals surface area contributed by atoms with Crippen molar-refractivity contribution in [3.8, 4) is 11.5 Å². The number of hydrogen-bond acceptors (Lipinski definition) is 6. The van der Waals surface area contributed by atoms with Gasteiger partial charge in [-0.25, -0.2) is 4.79 Å². The third-order valence-corrected chi connectivity index (χ3v) is 3.27. The second-order valence-corrected chi connectivity index (χ2v) is 4.96. The highest BCUT2D eigenvalue weighted by Gasteiger charge is 2.07. The van der Waals surface area contributed by atoms with Crippen molar-refractivity contribution in [2.24, 2.45) is 0 Å². The average molecular weight is 329 g/mol. The van der Waals surface area contributed by atoms with Crippen LogP contribution in [-0.2, 0) is 27.2 Å². The van der Waals surface area contributed by atoms with Crippen molar-refractivity contribution in [1.82, 2.24) is 15.5 Å². The van der Waals surface area contributed by atoms with Gasteiger partial charge in [0.2, 0.25) is 5.91 Å². The predicted octanol–water partition coefficient (Wildman–Crippen LogP) is 1.69. The van der Waals surface area contributed by atoms with Gasteiger partial charge in [0.1, 0.15) is 0 Å². The topological polar surface area (TPSA) is 94.3 Å². The smallest absolute Gasteiger partial charge is 0.330 e. The molecule has 2 aromatic rings. The lowest BCUT2D eigenvalue weighted by Gasteiger charge is -2.03. The number of carbonyl (C=O) groups excluding carboxylic acids is 2. The van der Waals surface area contributed by atoms with E-state index in [0.717, 1.165) is 29.7 Å². The van der Waals surface area contributed by atoms with Gasteiger partial charge in [-0.2, -0.15) is 4.98 Å². The molecule has 7 nitrogen and oxygen atoms in total. The maximum absolute atomic E-state index is 11.5. The Morgan fingerprint density at radius 3 is 2.62 bits per heavy atom. The summed E-state index contributed by atoms with van der Waals surface area (Å²) in [6.07, 6.45) is 3.63. The molecule has 0 saturated carbocycles. The van der Waals surface area contributed by atoms with Crippen molar-refractivity contribution in [2.45, 2.75) is 19.8 Å². The van der Waals surface area contributed by atoms with E-state index >= 15 is 0 Å². The van der Waals surface area contributed by atoms with E-state index < -0.39 is 5.97 Å². The molecule has 1 N–H and O–H groups in total. The zero-order valence-electron chi connectivity index (χ0n) is 13.6. The number of rotatable bonds is 7. The minimum atomic E-state index is -0.562. The van der Waals surface area contributed by atoms with Gasteiger partial charge >= 0.3 is 5.97 Å². The molecule has 1 heterocycles. The molecular weight excluding hydrogens is 310 g/mol. The molecule has 0 spiro atoms. The van der Waals surface area contributed by atoms with Gasteiger partial charge < -0.3 is 14.6 Å². The first-order chi connectivity index (χ1) is 11.6. The number of methoxy groups -OCH3 is 1. The van der Waals surface area contributed by atoms with Crippen molar-refractivity contribution < 1.29 is 18.8 Å². The lowest BCUT2D eigenvalue weighted by molar-refractivity contribution is -0.135. The van der Waals surface area contributed by atoms with Crippen LogP contribution >= 0.6 is 0 Å². The van der Waals surface area contributed by atoms with Gasteiger partial charge in [0.15, 0.2) is 5.82 Å². The van der Waals surface area contributed by atoms with Crippen molar-refractivity contribution in [2.75, 3.05) is 13.7 Å². The molecule has 0 saturated heterocycles. The third-order valence-electron chi connectivity index (χ3n) is 3.27. The van der Waals surface area contributed by atoms with Crippen molar-refractivity contribution >= 4 is 11.9 Å². The SMILES string of the molecule is CCc1noc(-c2ccc(CCNC(=O)/C=C/C(=O)OC)cc2)n1. The van der Waals surface area contributed by atoms with E-state index in [2.05, 4.69) is 20.2 Å². The highest BCUT2D eigenvalue weighted by Crippen LogP contribution is 2.18. The first-order valence-corrected chi connectivity index (χ1v) is 7.58. The quantitative estimate of drug-likeness (QED) is 0.613. The Morgan fingerprint density at radius 1 is 1.25 bits per heavy atom. The summed E-state index contributed by atoms with van der Waals surface area (Å²) in [7, 11) is 1.26. The minimum Gasteiger partial charge on any atom is -0.466 e. The summed E-state index contributed by atoms with van der Waals surface area (Å²) < 4.78 is 9.59. The molecule has 0 aliphatic carbocycles. The molecule has 2 rings (SSSR count). The summed E-state index contributed by atoms with van der Waals surface area (Å²) in [5.74, 6) is 0.277. The molecule has 0 aliphatic rings. The van der Waals surface area contributed by atoms with E-state index in [4.69, 9.17) is 4.52 Å². The number of benzene rings is 1. The monoisotopic (exact) mass is 329 g/mol. The van der Waals surface area contributed by atoms with E-state index in [1.807, 2.05) is 31.2 Å². The summed E-state index contributed by atoms with van der Waals surface area (Å²) >= 11 is 0. The molecule has 0 unspecified atom stereocenters. The number of aryl methyl sites for hydroxylation is 1. The Balaban J connectivity index is 1.83. The summed E-state index contributed by atoms with van der Waals surface area (Å²) in [6, 6.07) is 7.70. The number of hydrogen-bond donors (Lipinski definition) is 1. The standard InChI is InChI=1S/C17H19N3O4/c1-3-14-19-17(24-20-14)13-6-4-12(5-7-13)10-11-18-15(21)8-9-16(22)23-2/h4-9H,3,10-11H2,1-2H3,(H,18,21)/b9-8+. The van der Waals surface area contributed by atoms with Crippen molar-refractivity contribution in [3.63, 3.8) is 0 Å². The fraction of sp³-hybridized carbons (Fsp3) is 0.294. The number of carbonyl (C=O) groups is 2. The largest absolute Gasteiger partial charge is 0.466 e. The number of amides is 1. The first kappa shape index (κ1) is 17.4. The van der Waals surface area contributed by atoms with Crippen LogP contribution in [0.15, 0.2) is 40.9 Å². The maximum atomic E-state index is 11.5. The number of nitrogens with one attached hydrogen (secondary N) is 1. The predicted molar refractivity (Wildman–Crippen MR) is 87.0 cm³/mol. The highest BCUT2D eigenvalue weighted by atomic mass is 16.5. The second-order valence-electron chi connectivity index (χ2n) is 4.96. The molecule has 1 aromatic heterocycles. The Labute approximate surface area is 139 Å². The van der Waals surface area contributed by atoms with E-state index in [0.29, 0.717) is 24.7 Å². The Morgan fingerprint density at radius 2 is 2.00 bits per heavy atom. The molecule has 1 amide bonds. The highest BCUT2D eigenvalue weighted by molar-refractivity contribution is 5.94. The van der Waals surface area contributed by atoms with Crippen LogP contribution in [-0.4, -0.2) is 35.7 Å². The average Bonchev–Trinajstić information content (AvgIpc) is 3.09. The number of aromatic nitrogens is 2. The Kier molecular flexibility index (Phi) is 6.24. The first-order valence-electron chi connectivity index (χ1n) is 7.58. The van der Waals surface area contributed by atoms with E-state index in [9.17, 15) is 9.59 Å². The van der Waals surface area contributed by atoms with Gasteiger partial charge in [-0.1, -0.05) is 24.2 Å². The summed E-state index contributed by atoms with van der Waals surface area (Å²) in [6.45, 7) is 2.43. The zero-order valence-corrected chi connectivity index (χ0v) is 13.6. The number of esters is 1. The van der Waals surface area contributed by atoms with Crippen LogP contribution < -0.4 is 5.32 Å². The van der Waals surface area contributed by atoms with Gasteiger partial charge in [0.25, 0.3) is 5.89 Å². The molecule has 0 fully saturated rings. The fourth-order valence-corrected chi connectivity index (χ4v) is 1.93. The Bertz CT molecular complexity index is 720. The van der Waals surface area contributed by atoms with Crippen LogP contribution in [0, 0.1) is 0 Å². The molecule has 0 bridgehead atoms. The molecule has 1 aromatic carbocycles. The number of ether oxygens (including phenoxy) is 1. The van der Waals surface area contributed by atoms with Crippen LogP contribution in [0.5, 0.6) is 0 Å². The molecule has 0 atom stereocenters. The van der Waals surface area contributed by atoms with Crippen LogP contribution in [0.1, 0.15) is 18.3 Å². The normalized spacial score (nSPS) is 10.8. The van der Waals surface area contributed by atoms with Crippen LogP contribution in [0.25, 0.3) is 11.5 Å². The third kappa shape index (κ3) is 5.05. The van der Waals surface area contributed by atoms with Crippen LogP contribution in [0.2, 0.25) is 0 Å². The van der Waals surface area contributed by atoms with E-state index in [-0.39, 0.29) is 5.91 Å². The molecular formula is C17H19N3O4. The van der Waals surface area contributed by atoms with Gasteiger partial charge in [0.05, 0.1) is 7.11 Å². The number of nitrogens with zero attached hydrogens (tertiary/aromatic N) is 2.